The van der Waals surface area contributed by atoms with E-state index in [0.717, 1.165) is 19.3 Å². The summed E-state index contributed by atoms with van der Waals surface area (Å²) in [4.78, 5) is 11.1. The second-order valence-corrected chi connectivity index (χ2v) is 7.50. The Bertz CT molecular complexity index is 408. The van der Waals surface area contributed by atoms with Crippen LogP contribution in [0.1, 0.15) is 40.0 Å². The molecule has 0 saturated carbocycles. The Morgan fingerprint density at radius 3 is 2.53 bits per heavy atom. The first-order valence-corrected chi connectivity index (χ1v) is 8.20. The summed E-state index contributed by atoms with van der Waals surface area (Å²) < 4.78 is 27.9. The predicted octanol–water partition coefficient (Wildman–Crippen LogP) is 0.549. The molecule has 0 radical (unpaired) electrons. The third-order valence-corrected chi connectivity index (χ3v) is 5.33. The minimum Gasteiger partial charge on any atom is -0.369 e. The van der Waals surface area contributed by atoms with Gasteiger partial charge < -0.3 is 5.73 Å². The second-order valence-electron chi connectivity index (χ2n) is 5.62. The van der Waals surface area contributed by atoms with Crippen LogP contribution in [0.25, 0.3) is 0 Å². The lowest BCUT2D eigenvalue weighted by atomic mass is 10.1. The van der Waals surface area contributed by atoms with Gasteiger partial charge in [-0.2, -0.15) is 17.0 Å². The van der Waals surface area contributed by atoms with Crippen molar-refractivity contribution in [2.24, 2.45) is 11.7 Å². The van der Waals surface area contributed by atoms with Crippen LogP contribution < -0.4 is 5.73 Å². The van der Waals surface area contributed by atoms with Crippen LogP contribution in [-0.4, -0.2) is 48.6 Å². The van der Waals surface area contributed by atoms with Crippen LogP contribution in [0.15, 0.2) is 0 Å². The van der Waals surface area contributed by atoms with E-state index in [-0.39, 0.29) is 18.5 Å². The van der Waals surface area contributed by atoms with Crippen LogP contribution in [-0.2, 0) is 15.0 Å². The number of nitrogens with zero attached hydrogens (tertiary/aromatic N) is 2. The number of piperidine rings is 1. The van der Waals surface area contributed by atoms with E-state index in [9.17, 15) is 13.2 Å². The van der Waals surface area contributed by atoms with E-state index >= 15 is 0 Å². The van der Waals surface area contributed by atoms with E-state index in [4.69, 9.17) is 5.73 Å². The SMILES string of the molecule is CC(C)CN(CC(N)=O)S(=O)(=O)N1CCCCC1C. The molecule has 1 unspecified atom stereocenters. The molecule has 0 bridgehead atoms. The van der Waals surface area contributed by atoms with Gasteiger partial charge in [-0.25, -0.2) is 0 Å². The van der Waals surface area contributed by atoms with Crippen molar-refractivity contribution in [1.29, 1.82) is 0 Å². The van der Waals surface area contributed by atoms with Gasteiger partial charge in [0.15, 0.2) is 0 Å². The van der Waals surface area contributed by atoms with Crippen molar-refractivity contribution in [3.8, 4) is 0 Å². The normalized spacial score (nSPS) is 22.1. The molecule has 1 fully saturated rings. The summed E-state index contributed by atoms with van der Waals surface area (Å²) >= 11 is 0. The van der Waals surface area contributed by atoms with Crippen LogP contribution in [0.4, 0.5) is 0 Å². The van der Waals surface area contributed by atoms with Crippen LogP contribution in [0, 0.1) is 5.92 Å². The summed E-state index contributed by atoms with van der Waals surface area (Å²) in [5.74, 6) is -0.469. The van der Waals surface area contributed by atoms with Crippen molar-refractivity contribution < 1.29 is 13.2 Å². The quantitative estimate of drug-likeness (QED) is 0.775. The highest BCUT2D eigenvalue weighted by Gasteiger charge is 2.35. The maximum Gasteiger partial charge on any atom is 0.282 e. The van der Waals surface area contributed by atoms with E-state index < -0.39 is 16.1 Å². The molecule has 0 aromatic carbocycles. The van der Waals surface area contributed by atoms with E-state index in [1.807, 2.05) is 20.8 Å². The highest BCUT2D eigenvalue weighted by molar-refractivity contribution is 7.86. The van der Waals surface area contributed by atoms with Crippen molar-refractivity contribution in [3.63, 3.8) is 0 Å². The Hall–Kier alpha value is -0.660. The molecule has 0 aromatic rings. The number of hydrogen-bond donors (Lipinski definition) is 1. The molecule has 0 spiro atoms. The molecule has 1 aliphatic rings. The largest absolute Gasteiger partial charge is 0.369 e. The molecule has 19 heavy (non-hydrogen) atoms. The van der Waals surface area contributed by atoms with E-state index in [1.165, 1.54) is 8.61 Å². The molecule has 1 rings (SSSR count). The molecule has 1 amide bonds. The Morgan fingerprint density at radius 2 is 2.05 bits per heavy atom. The molecule has 7 heteroatoms. The van der Waals surface area contributed by atoms with Crippen molar-refractivity contribution in [3.05, 3.63) is 0 Å². The molecule has 2 N–H and O–H groups in total. The fourth-order valence-electron chi connectivity index (χ4n) is 2.38. The van der Waals surface area contributed by atoms with E-state index in [1.54, 1.807) is 0 Å². The van der Waals surface area contributed by atoms with Gasteiger partial charge in [-0.1, -0.05) is 20.3 Å². The van der Waals surface area contributed by atoms with E-state index in [0.29, 0.717) is 13.1 Å². The summed E-state index contributed by atoms with van der Waals surface area (Å²) in [6, 6.07) is -0.0127. The van der Waals surface area contributed by atoms with Crippen molar-refractivity contribution in [2.45, 2.75) is 46.1 Å². The average molecular weight is 291 g/mol. The minimum absolute atomic E-state index is 0.0127. The first-order chi connectivity index (χ1) is 8.75. The lowest BCUT2D eigenvalue weighted by molar-refractivity contribution is -0.118. The van der Waals surface area contributed by atoms with Gasteiger partial charge in [0.2, 0.25) is 5.91 Å². The zero-order valence-corrected chi connectivity index (χ0v) is 12.8. The zero-order chi connectivity index (χ0) is 14.6. The Balaban J connectivity index is 2.93. The topological polar surface area (TPSA) is 83.7 Å². The van der Waals surface area contributed by atoms with Crippen LogP contribution in [0.3, 0.4) is 0 Å². The lowest BCUT2D eigenvalue weighted by Gasteiger charge is -2.36. The maximum absolute atomic E-state index is 12.6. The van der Waals surface area contributed by atoms with Crippen LogP contribution in [0.2, 0.25) is 0 Å². The van der Waals surface area contributed by atoms with Crippen LogP contribution in [0.5, 0.6) is 0 Å². The third-order valence-electron chi connectivity index (χ3n) is 3.27. The number of primary amides is 1. The molecule has 1 aliphatic heterocycles. The van der Waals surface area contributed by atoms with Gasteiger partial charge in [-0.3, -0.25) is 4.79 Å². The summed E-state index contributed by atoms with van der Waals surface area (Å²) in [5.41, 5.74) is 5.17. The summed E-state index contributed by atoms with van der Waals surface area (Å²) in [6.45, 7) is 6.34. The standard InChI is InChI=1S/C12H25N3O3S/c1-10(2)8-14(9-12(13)16)19(17,18)15-7-5-4-6-11(15)3/h10-11H,4-9H2,1-3H3,(H2,13,16). The monoisotopic (exact) mass is 291 g/mol. The number of carbonyl (C=O) groups excluding carboxylic acids is 1. The van der Waals surface area contributed by atoms with Gasteiger partial charge in [-0.05, 0) is 25.7 Å². The number of carbonyl (C=O) groups is 1. The van der Waals surface area contributed by atoms with Crippen molar-refractivity contribution in [1.82, 2.24) is 8.61 Å². The molecular formula is C12H25N3O3S. The number of amides is 1. The van der Waals surface area contributed by atoms with Gasteiger partial charge >= 0.3 is 0 Å². The summed E-state index contributed by atoms with van der Waals surface area (Å²) in [7, 11) is -3.60. The molecule has 0 aliphatic carbocycles. The lowest BCUT2D eigenvalue weighted by Crippen LogP contribution is -2.52. The van der Waals surface area contributed by atoms with Crippen LogP contribution >= 0.6 is 0 Å². The zero-order valence-electron chi connectivity index (χ0n) is 12.0. The van der Waals surface area contributed by atoms with Gasteiger partial charge in [0.1, 0.15) is 0 Å². The first kappa shape index (κ1) is 16.4. The average Bonchev–Trinajstić information content (AvgIpc) is 2.27. The fourth-order valence-corrected chi connectivity index (χ4v) is 4.38. The highest BCUT2D eigenvalue weighted by atomic mass is 32.2. The van der Waals surface area contributed by atoms with Gasteiger partial charge in [0.05, 0.1) is 6.54 Å². The molecule has 1 atom stereocenters. The van der Waals surface area contributed by atoms with E-state index in [2.05, 4.69) is 0 Å². The Morgan fingerprint density at radius 1 is 1.42 bits per heavy atom. The van der Waals surface area contributed by atoms with Gasteiger partial charge in [0.25, 0.3) is 10.2 Å². The molecule has 1 heterocycles. The van der Waals surface area contributed by atoms with Crippen molar-refractivity contribution in [2.75, 3.05) is 19.6 Å². The smallest absolute Gasteiger partial charge is 0.282 e. The molecular weight excluding hydrogens is 266 g/mol. The Labute approximate surface area is 116 Å². The number of hydrogen-bond acceptors (Lipinski definition) is 3. The second kappa shape index (κ2) is 6.67. The van der Waals surface area contributed by atoms with Gasteiger partial charge in [-0.15, -0.1) is 0 Å². The van der Waals surface area contributed by atoms with Crippen molar-refractivity contribution >= 4 is 16.1 Å². The molecule has 1 saturated heterocycles. The predicted molar refractivity (Wildman–Crippen MR) is 74.5 cm³/mol. The fraction of sp³-hybridized carbons (Fsp3) is 0.917. The molecule has 112 valence electrons. The number of rotatable bonds is 6. The third kappa shape index (κ3) is 4.43. The number of nitrogens with two attached hydrogens (primary N) is 1. The van der Waals surface area contributed by atoms with Gasteiger partial charge in [0, 0.05) is 19.1 Å². The molecule has 0 aromatic heterocycles. The maximum atomic E-state index is 12.6. The first-order valence-electron chi connectivity index (χ1n) is 6.80. The minimum atomic E-state index is -3.60. The highest BCUT2D eigenvalue weighted by Crippen LogP contribution is 2.22. The Kier molecular flexibility index (Phi) is 5.76. The summed E-state index contributed by atoms with van der Waals surface area (Å²) in [5, 5.41) is 0. The summed E-state index contributed by atoms with van der Waals surface area (Å²) in [6.07, 6.45) is 2.79. The molecule has 6 nitrogen and oxygen atoms in total.